The van der Waals surface area contributed by atoms with Crippen molar-refractivity contribution < 1.29 is 9.00 Å². The zero-order chi connectivity index (χ0) is 10.1. The van der Waals surface area contributed by atoms with Gasteiger partial charge in [-0.1, -0.05) is 13.3 Å². The van der Waals surface area contributed by atoms with Crippen molar-refractivity contribution in [3.05, 3.63) is 0 Å². The molecule has 0 aromatic heterocycles. The normalized spacial score (nSPS) is 26.7. The highest BCUT2D eigenvalue weighted by Gasteiger charge is 2.36. The summed E-state index contributed by atoms with van der Waals surface area (Å²) in [5.41, 5.74) is 0. The highest BCUT2D eigenvalue weighted by Crippen LogP contribution is 2.33. The molecule has 1 rings (SSSR count). The topological polar surface area (TPSA) is 58.5 Å². The Labute approximate surface area is 79.3 Å². The Morgan fingerprint density at radius 1 is 1.62 bits per heavy atom. The van der Waals surface area contributed by atoms with Gasteiger partial charge in [0.25, 0.3) is 0 Å². The number of nitrogens with zero attached hydrogens (tertiary/aromatic N) is 1. The molecule has 0 heterocycles. The van der Waals surface area contributed by atoms with Crippen LogP contribution in [0.1, 0.15) is 19.8 Å². The highest BCUT2D eigenvalue weighted by molar-refractivity contribution is 7.92. The lowest BCUT2D eigenvalue weighted by Gasteiger charge is -1.99. The molecule has 0 aliphatic heterocycles. The quantitative estimate of drug-likeness (QED) is 0.735. The van der Waals surface area contributed by atoms with Crippen LogP contribution in [0.25, 0.3) is 0 Å². The molecule has 4 nitrogen and oxygen atoms in total. The van der Waals surface area contributed by atoms with Crippen LogP contribution in [0.4, 0.5) is 4.79 Å². The third kappa shape index (κ3) is 3.76. The predicted octanol–water partition coefficient (Wildman–Crippen LogP) is 1.22. The molecular weight excluding hydrogens is 188 g/mol. The Morgan fingerprint density at radius 2 is 2.23 bits per heavy atom. The van der Waals surface area contributed by atoms with Gasteiger partial charge in [-0.3, -0.25) is 0 Å². The molecule has 0 unspecified atom stereocenters. The number of carbonyl (C=O) groups is 1. The Balaban J connectivity index is 2.41. The van der Waals surface area contributed by atoms with Gasteiger partial charge in [-0.05, 0) is 12.3 Å². The third-order valence-corrected chi connectivity index (χ3v) is 2.66. The Bertz CT molecular complexity index is 310. The summed E-state index contributed by atoms with van der Waals surface area (Å²) in [6.07, 6.45) is 5.03. The molecule has 1 aliphatic carbocycles. The second-order valence-corrected chi connectivity index (χ2v) is 6.28. The fraction of sp³-hybridized carbons (Fsp3) is 0.875. The first-order chi connectivity index (χ1) is 5.92. The lowest BCUT2D eigenvalue weighted by atomic mass is 10.3. The van der Waals surface area contributed by atoms with Crippen LogP contribution in [0.3, 0.4) is 0 Å². The fourth-order valence-corrected chi connectivity index (χ4v) is 1.71. The summed E-state index contributed by atoms with van der Waals surface area (Å²) in [4.78, 5) is 11.1. The van der Waals surface area contributed by atoms with Gasteiger partial charge in [-0.15, -0.1) is 4.36 Å². The van der Waals surface area contributed by atoms with Crippen LogP contribution < -0.4 is 5.32 Å². The summed E-state index contributed by atoms with van der Waals surface area (Å²) in [5.74, 6) is 0.601. The van der Waals surface area contributed by atoms with E-state index < -0.39 is 15.8 Å². The zero-order valence-corrected chi connectivity index (χ0v) is 9.06. The molecule has 0 aromatic carbocycles. The van der Waals surface area contributed by atoms with Gasteiger partial charge >= 0.3 is 6.03 Å². The molecule has 0 spiro atoms. The third-order valence-electron chi connectivity index (χ3n) is 2.06. The van der Waals surface area contributed by atoms with E-state index in [1.54, 1.807) is 0 Å². The number of carbonyl (C=O) groups excluding carboxylic acids is 1. The summed E-state index contributed by atoms with van der Waals surface area (Å²) in [7, 11) is -2.30. The average Bonchev–Trinajstić information content (AvgIpc) is 2.62. The smallest absolute Gasteiger partial charge is 0.333 e. The van der Waals surface area contributed by atoms with E-state index >= 15 is 0 Å². The van der Waals surface area contributed by atoms with Gasteiger partial charge in [-0.25, -0.2) is 9.00 Å². The van der Waals surface area contributed by atoms with E-state index in [4.69, 9.17) is 0 Å². The molecule has 76 valence electrons. The molecule has 1 N–H and O–H groups in total. The Hall–Kier alpha value is -0.580. The van der Waals surface area contributed by atoms with Crippen molar-refractivity contribution in [3.63, 3.8) is 0 Å². The summed E-state index contributed by atoms with van der Waals surface area (Å²) in [6, 6.07) is -0.168. The standard InChI is InChI=1S/C8H16N2O2S/c1-4-6-5-7(6)9-8(11)10-13(2,3)12/h6-7H,4-5H2,1-3H3,(H,9,11)/t6-,7-/m1/s1. The zero-order valence-electron chi connectivity index (χ0n) is 8.24. The second-order valence-electron chi connectivity index (χ2n) is 3.73. The van der Waals surface area contributed by atoms with Crippen molar-refractivity contribution in [2.45, 2.75) is 25.8 Å². The van der Waals surface area contributed by atoms with Crippen molar-refractivity contribution in [2.75, 3.05) is 12.5 Å². The Morgan fingerprint density at radius 3 is 2.62 bits per heavy atom. The van der Waals surface area contributed by atoms with Crippen molar-refractivity contribution in [1.29, 1.82) is 0 Å². The molecule has 13 heavy (non-hydrogen) atoms. The van der Waals surface area contributed by atoms with Gasteiger partial charge in [0, 0.05) is 18.6 Å². The van der Waals surface area contributed by atoms with Gasteiger partial charge in [-0.2, -0.15) is 0 Å². The SMILES string of the molecule is CC[C@@H]1C[C@H]1NC(=O)N=S(C)(C)=O. The number of hydrogen-bond acceptors (Lipinski definition) is 2. The van der Waals surface area contributed by atoms with E-state index in [1.165, 1.54) is 12.5 Å². The largest absolute Gasteiger partial charge is 0.349 e. The minimum absolute atomic E-state index is 0.267. The van der Waals surface area contributed by atoms with E-state index in [0.717, 1.165) is 12.8 Å². The van der Waals surface area contributed by atoms with E-state index in [-0.39, 0.29) is 6.04 Å². The van der Waals surface area contributed by atoms with Gasteiger partial charge < -0.3 is 5.32 Å². The number of amides is 2. The molecule has 1 fully saturated rings. The number of nitrogens with one attached hydrogen (secondary N) is 1. The first-order valence-electron chi connectivity index (χ1n) is 4.40. The van der Waals surface area contributed by atoms with Crippen molar-refractivity contribution in [1.82, 2.24) is 5.32 Å². The molecule has 0 radical (unpaired) electrons. The van der Waals surface area contributed by atoms with Crippen LogP contribution in [-0.4, -0.2) is 28.8 Å². The number of urea groups is 1. The van der Waals surface area contributed by atoms with Crippen LogP contribution >= 0.6 is 0 Å². The van der Waals surface area contributed by atoms with Gasteiger partial charge in [0.15, 0.2) is 0 Å². The molecule has 0 bridgehead atoms. The monoisotopic (exact) mass is 204 g/mol. The highest BCUT2D eigenvalue weighted by atomic mass is 32.2. The molecular formula is C8H16N2O2S. The van der Waals surface area contributed by atoms with Crippen molar-refractivity contribution >= 4 is 15.8 Å². The van der Waals surface area contributed by atoms with Gasteiger partial charge in [0.1, 0.15) is 0 Å². The summed E-state index contributed by atoms with van der Waals surface area (Å²) < 4.78 is 14.7. The van der Waals surface area contributed by atoms with Crippen LogP contribution in [0, 0.1) is 5.92 Å². The van der Waals surface area contributed by atoms with E-state index in [0.29, 0.717) is 5.92 Å². The predicted molar refractivity (Wildman–Crippen MR) is 53.1 cm³/mol. The van der Waals surface area contributed by atoms with E-state index in [1.807, 2.05) is 0 Å². The molecule has 1 saturated carbocycles. The summed E-state index contributed by atoms with van der Waals surface area (Å²) in [5, 5.41) is 2.73. The summed E-state index contributed by atoms with van der Waals surface area (Å²) in [6.45, 7) is 2.09. The second kappa shape index (κ2) is 3.65. The average molecular weight is 204 g/mol. The Kier molecular flexibility index (Phi) is 2.95. The minimum atomic E-state index is -2.30. The lowest BCUT2D eigenvalue weighted by Crippen LogP contribution is -2.24. The number of hydrogen-bond donors (Lipinski definition) is 1. The first kappa shape index (κ1) is 10.5. The molecule has 5 heteroatoms. The van der Waals surface area contributed by atoms with Crippen LogP contribution in [0.5, 0.6) is 0 Å². The molecule has 2 amide bonds. The molecule has 1 aliphatic rings. The van der Waals surface area contributed by atoms with Crippen LogP contribution in [-0.2, 0) is 9.73 Å². The maximum atomic E-state index is 11.1. The van der Waals surface area contributed by atoms with Crippen molar-refractivity contribution in [3.8, 4) is 0 Å². The minimum Gasteiger partial charge on any atom is -0.333 e. The maximum Gasteiger partial charge on any atom is 0.349 e. The molecule has 0 saturated heterocycles. The molecule has 2 atom stereocenters. The molecule has 0 aromatic rings. The van der Waals surface area contributed by atoms with Crippen LogP contribution in [0.15, 0.2) is 4.36 Å². The fourth-order valence-electron chi connectivity index (χ4n) is 1.26. The van der Waals surface area contributed by atoms with E-state index in [2.05, 4.69) is 16.6 Å². The van der Waals surface area contributed by atoms with Crippen molar-refractivity contribution in [2.24, 2.45) is 10.3 Å². The maximum absolute atomic E-state index is 11.1. The lowest BCUT2D eigenvalue weighted by molar-refractivity contribution is 0.248. The van der Waals surface area contributed by atoms with Gasteiger partial charge in [0.2, 0.25) is 0 Å². The number of rotatable bonds is 2. The van der Waals surface area contributed by atoms with Crippen LogP contribution in [0.2, 0.25) is 0 Å². The first-order valence-corrected chi connectivity index (χ1v) is 6.73. The summed E-state index contributed by atoms with van der Waals surface area (Å²) >= 11 is 0. The van der Waals surface area contributed by atoms with Gasteiger partial charge in [0.05, 0.1) is 9.73 Å². The van der Waals surface area contributed by atoms with E-state index in [9.17, 15) is 9.00 Å².